The number of hydrogen-bond acceptors (Lipinski definition) is 2. The summed E-state index contributed by atoms with van der Waals surface area (Å²) in [6.07, 6.45) is 0. The summed E-state index contributed by atoms with van der Waals surface area (Å²) in [4.78, 5) is 11.3. The van der Waals surface area contributed by atoms with Gasteiger partial charge in [-0.05, 0) is 19.8 Å². The molecule has 0 saturated carbocycles. The van der Waals surface area contributed by atoms with Gasteiger partial charge in [0, 0.05) is 0 Å². The Balaban J connectivity index is 4.15. The molecule has 3 nitrogen and oxygen atoms in total. The molecule has 0 aliphatic heterocycles. The van der Waals surface area contributed by atoms with Crippen molar-refractivity contribution in [1.82, 2.24) is 5.32 Å². The molecular weight excluding hydrogens is 234 g/mol. The maximum Gasteiger partial charge on any atom is 0.234 e. The van der Waals surface area contributed by atoms with Crippen LogP contribution in [0, 0.1) is 5.92 Å². The van der Waals surface area contributed by atoms with Crippen molar-refractivity contribution in [1.29, 1.82) is 0 Å². The highest BCUT2D eigenvalue weighted by molar-refractivity contribution is 9.10. The van der Waals surface area contributed by atoms with E-state index in [9.17, 15) is 4.79 Å². The number of aliphatic hydroxyl groups excluding tert-OH is 1. The third kappa shape index (κ3) is 4.62. The molecule has 1 atom stereocenters. The molecule has 0 radical (unpaired) electrons. The number of nitrogens with one attached hydrogen (secondary N) is 1. The Hall–Kier alpha value is -0.0900. The summed E-state index contributed by atoms with van der Waals surface area (Å²) >= 11 is 3.30. The first-order valence-electron chi connectivity index (χ1n) is 4.37. The molecule has 0 spiro atoms. The van der Waals surface area contributed by atoms with Gasteiger partial charge in [0.2, 0.25) is 5.91 Å². The molecular formula is C9H18BrNO2. The Morgan fingerprint density at radius 2 is 2.00 bits per heavy atom. The number of halogens is 1. The van der Waals surface area contributed by atoms with Crippen molar-refractivity contribution in [3.8, 4) is 0 Å². The normalized spacial score (nSPS) is 14.4. The summed E-state index contributed by atoms with van der Waals surface area (Å²) in [5.74, 6) is 0.170. The first-order valence-corrected chi connectivity index (χ1v) is 5.28. The second-order valence-corrected chi connectivity index (χ2v) is 5.16. The molecule has 0 aromatic heterocycles. The Bertz CT molecular complexity index is 180. The van der Waals surface area contributed by atoms with Crippen LogP contribution in [0.5, 0.6) is 0 Å². The number of carbonyl (C=O) groups is 1. The van der Waals surface area contributed by atoms with Crippen molar-refractivity contribution in [2.24, 2.45) is 5.92 Å². The molecule has 0 aliphatic rings. The van der Waals surface area contributed by atoms with Gasteiger partial charge in [-0.25, -0.2) is 0 Å². The van der Waals surface area contributed by atoms with Gasteiger partial charge in [0.05, 0.1) is 17.0 Å². The lowest BCUT2D eigenvalue weighted by atomic mass is 10.1. The Morgan fingerprint density at radius 1 is 1.54 bits per heavy atom. The average molecular weight is 252 g/mol. The van der Waals surface area contributed by atoms with Crippen molar-refractivity contribution in [2.75, 3.05) is 6.61 Å². The minimum absolute atomic E-state index is 0.0590. The lowest BCUT2D eigenvalue weighted by Crippen LogP contribution is -2.49. The summed E-state index contributed by atoms with van der Waals surface area (Å²) in [6.45, 7) is 7.43. The van der Waals surface area contributed by atoms with Crippen LogP contribution in [-0.2, 0) is 4.79 Å². The van der Waals surface area contributed by atoms with Crippen LogP contribution < -0.4 is 5.32 Å². The van der Waals surface area contributed by atoms with E-state index in [0.717, 1.165) is 0 Å². The quantitative estimate of drug-likeness (QED) is 0.741. The largest absolute Gasteiger partial charge is 0.394 e. The first kappa shape index (κ1) is 12.9. The minimum Gasteiger partial charge on any atom is -0.394 e. The minimum atomic E-state index is -0.544. The highest BCUT2D eigenvalue weighted by atomic mass is 79.9. The van der Waals surface area contributed by atoms with E-state index >= 15 is 0 Å². The highest BCUT2D eigenvalue weighted by Gasteiger charge is 2.25. The third-order valence-electron chi connectivity index (χ3n) is 1.69. The van der Waals surface area contributed by atoms with Crippen molar-refractivity contribution in [3.63, 3.8) is 0 Å². The molecule has 0 rings (SSSR count). The van der Waals surface area contributed by atoms with Crippen LogP contribution in [0.1, 0.15) is 27.7 Å². The van der Waals surface area contributed by atoms with Gasteiger partial charge >= 0.3 is 0 Å². The summed E-state index contributed by atoms with van der Waals surface area (Å²) in [5.41, 5.74) is -0.544. The monoisotopic (exact) mass is 251 g/mol. The van der Waals surface area contributed by atoms with Crippen LogP contribution in [0.3, 0.4) is 0 Å². The number of amides is 1. The van der Waals surface area contributed by atoms with Crippen molar-refractivity contribution >= 4 is 21.8 Å². The topological polar surface area (TPSA) is 49.3 Å². The lowest BCUT2D eigenvalue weighted by molar-refractivity contribution is -0.123. The van der Waals surface area contributed by atoms with Crippen molar-refractivity contribution < 1.29 is 9.90 Å². The molecule has 0 unspecified atom stereocenters. The molecule has 4 heteroatoms. The average Bonchev–Trinajstić information content (AvgIpc) is 2.02. The zero-order valence-electron chi connectivity index (χ0n) is 8.60. The van der Waals surface area contributed by atoms with Crippen LogP contribution in [0.4, 0.5) is 0 Å². The number of carbonyl (C=O) groups excluding carboxylic acids is 1. The molecule has 0 aromatic rings. The van der Waals surface area contributed by atoms with Crippen LogP contribution in [0.15, 0.2) is 0 Å². The fraction of sp³-hybridized carbons (Fsp3) is 0.889. The Labute approximate surface area is 88.0 Å². The Kier molecular flexibility index (Phi) is 4.92. The van der Waals surface area contributed by atoms with Crippen LogP contribution in [0.2, 0.25) is 0 Å². The fourth-order valence-electron chi connectivity index (χ4n) is 0.745. The van der Waals surface area contributed by atoms with Crippen LogP contribution in [-0.4, -0.2) is 28.0 Å². The third-order valence-corrected chi connectivity index (χ3v) is 3.17. The molecule has 0 aromatic carbocycles. The zero-order valence-corrected chi connectivity index (χ0v) is 10.2. The second kappa shape index (κ2) is 4.96. The van der Waals surface area contributed by atoms with Gasteiger partial charge in [-0.2, -0.15) is 0 Å². The maximum absolute atomic E-state index is 11.5. The van der Waals surface area contributed by atoms with Gasteiger partial charge in [-0.3, -0.25) is 4.79 Å². The van der Waals surface area contributed by atoms with E-state index in [1.807, 2.05) is 13.8 Å². The summed E-state index contributed by atoms with van der Waals surface area (Å²) in [7, 11) is 0. The van der Waals surface area contributed by atoms with E-state index in [1.165, 1.54) is 0 Å². The van der Waals surface area contributed by atoms with Gasteiger partial charge in [0.15, 0.2) is 0 Å². The van der Waals surface area contributed by atoms with Gasteiger partial charge in [-0.15, -0.1) is 0 Å². The molecule has 0 fully saturated rings. The van der Waals surface area contributed by atoms with Crippen LogP contribution in [0.25, 0.3) is 0 Å². The summed E-state index contributed by atoms with van der Waals surface area (Å²) in [5, 5.41) is 11.7. The lowest BCUT2D eigenvalue weighted by Gasteiger charge is -2.26. The molecule has 13 heavy (non-hydrogen) atoms. The second-order valence-electron chi connectivity index (χ2n) is 4.18. The molecule has 0 aliphatic carbocycles. The van der Waals surface area contributed by atoms with E-state index in [4.69, 9.17) is 5.11 Å². The van der Waals surface area contributed by atoms with Gasteiger partial charge in [0.25, 0.3) is 0 Å². The first-order chi connectivity index (χ1) is 5.80. The van der Waals surface area contributed by atoms with Gasteiger partial charge < -0.3 is 10.4 Å². The molecule has 0 heterocycles. The standard InChI is InChI=1S/C9H18BrNO2/c1-6(2)7(10)8(13)11-9(3,4)5-12/h6-7,12H,5H2,1-4H3,(H,11,13)/t7-/m0/s1. The predicted molar refractivity (Wildman–Crippen MR) is 56.9 cm³/mol. The van der Waals surface area contributed by atoms with E-state index in [-0.39, 0.29) is 23.3 Å². The van der Waals surface area contributed by atoms with E-state index in [0.29, 0.717) is 0 Å². The van der Waals surface area contributed by atoms with E-state index < -0.39 is 5.54 Å². The van der Waals surface area contributed by atoms with Crippen molar-refractivity contribution in [2.45, 2.75) is 38.1 Å². The maximum atomic E-state index is 11.5. The summed E-state index contributed by atoms with van der Waals surface area (Å²) in [6, 6.07) is 0. The number of hydrogen-bond donors (Lipinski definition) is 2. The molecule has 1 amide bonds. The number of rotatable bonds is 4. The zero-order chi connectivity index (χ0) is 10.6. The Morgan fingerprint density at radius 3 is 2.31 bits per heavy atom. The number of aliphatic hydroxyl groups is 1. The number of alkyl halides is 1. The van der Waals surface area contributed by atoms with Gasteiger partial charge in [0.1, 0.15) is 0 Å². The van der Waals surface area contributed by atoms with Crippen molar-refractivity contribution in [3.05, 3.63) is 0 Å². The molecule has 0 saturated heterocycles. The van der Waals surface area contributed by atoms with E-state index in [1.54, 1.807) is 13.8 Å². The highest BCUT2D eigenvalue weighted by Crippen LogP contribution is 2.13. The SMILES string of the molecule is CC(C)[C@H](Br)C(=O)NC(C)(C)CO. The summed E-state index contributed by atoms with van der Waals surface area (Å²) < 4.78 is 0. The molecule has 2 N–H and O–H groups in total. The smallest absolute Gasteiger partial charge is 0.234 e. The van der Waals surface area contributed by atoms with Gasteiger partial charge in [-0.1, -0.05) is 29.8 Å². The molecule has 0 bridgehead atoms. The fourth-order valence-corrected chi connectivity index (χ4v) is 0.859. The van der Waals surface area contributed by atoms with Crippen LogP contribution >= 0.6 is 15.9 Å². The van der Waals surface area contributed by atoms with E-state index in [2.05, 4.69) is 21.2 Å². The predicted octanol–water partition coefficient (Wildman–Crippen LogP) is 1.29. The molecule has 78 valence electrons.